The Morgan fingerprint density at radius 2 is 2.50 bits per heavy atom. The summed E-state index contributed by atoms with van der Waals surface area (Å²) in [5.41, 5.74) is 5.80. The molecule has 0 aromatic carbocycles. The van der Waals surface area contributed by atoms with Gasteiger partial charge in [0.05, 0.1) is 0 Å². The topological polar surface area (TPSA) is 38.4 Å². The van der Waals surface area contributed by atoms with E-state index in [1.807, 2.05) is 0 Å². The first-order valence-electron chi connectivity index (χ1n) is 2.25. The Kier molecular flexibility index (Phi) is 3.84. The van der Waals surface area contributed by atoms with Crippen LogP contribution in [0.4, 0.5) is 4.39 Å². The van der Waals surface area contributed by atoms with Crippen molar-refractivity contribution in [3.8, 4) is 0 Å². The van der Waals surface area contributed by atoms with Crippen molar-refractivity contribution >= 4 is 6.21 Å². The summed E-state index contributed by atoms with van der Waals surface area (Å²) in [7, 11) is 0. The summed E-state index contributed by atoms with van der Waals surface area (Å²) in [5.74, 6) is 0. The van der Waals surface area contributed by atoms with Crippen LogP contribution in [0.1, 0.15) is 6.92 Å². The summed E-state index contributed by atoms with van der Waals surface area (Å²) in [6, 6.07) is 0. The third kappa shape index (κ3) is 3.33. The number of halogens is 1. The summed E-state index contributed by atoms with van der Waals surface area (Å²) < 4.78 is 11.2. The molecular weight excluding hydrogens is 107 g/mol. The van der Waals surface area contributed by atoms with Gasteiger partial charge in [0, 0.05) is 6.21 Å². The van der Waals surface area contributed by atoms with Crippen LogP contribution in [-0.2, 0) is 0 Å². The van der Waals surface area contributed by atoms with E-state index in [0.717, 1.165) is 5.57 Å². The summed E-state index contributed by atoms with van der Waals surface area (Å²) in [5, 5.41) is 0. The molecule has 0 aromatic rings. The van der Waals surface area contributed by atoms with E-state index in [9.17, 15) is 4.39 Å². The van der Waals surface area contributed by atoms with E-state index in [4.69, 9.17) is 5.73 Å². The first-order valence-corrected chi connectivity index (χ1v) is 2.25. The standard InChI is InChI=1S/C5H9FN2/c1-5(2-7)3-8-4-6/h2-3H,4,7H2,1H3. The molecule has 0 aliphatic rings. The zero-order chi connectivity index (χ0) is 6.41. The van der Waals surface area contributed by atoms with E-state index < -0.39 is 6.80 Å². The third-order valence-corrected chi connectivity index (χ3v) is 0.627. The molecule has 0 aliphatic carbocycles. The van der Waals surface area contributed by atoms with E-state index in [1.165, 1.54) is 12.4 Å². The Bertz CT molecular complexity index is 107. The van der Waals surface area contributed by atoms with Crippen molar-refractivity contribution in [1.29, 1.82) is 0 Å². The van der Waals surface area contributed by atoms with Gasteiger partial charge in [-0.1, -0.05) is 0 Å². The van der Waals surface area contributed by atoms with Crippen molar-refractivity contribution in [3.63, 3.8) is 0 Å². The third-order valence-electron chi connectivity index (χ3n) is 0.627. The molecule has 2 nitrogen and oxygen atoms in total. The van der Waals surface area contributed by atoms with E-state index in [-0.39, 0.29) is 0 Å². The first kappa shape index (κ1) is 7.14. The molecule has 0 amide bonds. The van der Waals surface area contributed by atoms with Crippen molar-refractivity contribution in [2.24, 2.45) is 10.7 Å². The van der Waals surface area contributed by atoms with Gasteiger partial charge < -0.3 is 5.73 Å². The van der Waals surface area contributed by atoms with Gasteiger partial charge in [-0.15, -0.1) is 0 Å². The zero-order valence-electron chi connectivity index (χ0n) is 4.76. The number of alkyl halides is 1. The highest BCUT2D eigenvalue weighted by Crippen LogP contribution is 1.81. The summed E-state index contributed by atoms with van der Waals surface area (Å²) in [6.07, 6.45) is 2.76. The minimum Gasteiger partial charge on any atom is -0.404 e. The second kappa shape index (κ2) is 4.30. The molecule has 46 valence electrons. The smallest absolute Gasteiger partial charge is 0.179 e. The number of rotatable bonds is 2. The maximum atomic E-state index is 11.2. The van der Waals surface area contributed by atoms with Crippen molar-refractivity contribution in [2.75, 3.05) is 6.80 Å². The molecule has 0 heterocycles. The molecule has 2 N–H and O–H groups in total. The number of nitrogens with zero attached hydrogens (tertiary/aromatic N) is 1. The molecule has 0 bridgehead atoms. The van der Waals surface area contributed by atoms with Crippen molar-refractivity contribution in [1.82, 2.24) is 0 Å². The molecular formula is C5H9FN2. The van der Waals surface area contributed by atoms with Gasteiger partial charge in [-0.25, -0.2) is 4.39 Å². The zero-order valence-corrected chi connectivity index (χ0v) is 4.76. The minimum absolute atomic E-state index is 0.675. The monoisotopic (exact) mass is 116 g/mol. The molecule has 0 saturated heterocycles. The number of hydrogen-bond donors (Lipinski definition) is 1. The average Bonchev–Trinajstić information content (AvgIpc) is 1.83. The van der Waals surface area contributed by atoms with Gasteiger partial charge in [-0.3, -0.25) is 4.99 Å². The first-order chi connectivity index (χ1) is 3.81. The van der Waals surface area contributed by atoms with Gasteiger partial charge in [0.1, 0.15) is 0 Å². The molecule has 0 saturated carbocycles. The van der Waals surface area contributed by atoms with E-state index in [1.54, 1.807) is 6.92 Å². The van der Waals surface area contributed by atoms with Crippen LogP contribution in [0.15, 0.2) is 16.8 Å². The van der Waals surface area contributed by atoms with Gasteiger partial charge in [0.15, 0.2) is 6.80 Å². The molecule has 8 heavy (non-hydrogen) atoms. The van der Waals surface area contributed by atoms with Crippen LogP contribution in [0.3, 0.4) is 0 Å². The molecule has 3 heteroatoms. The minimum atomic E-state index is -0.675. The Morgan fingerprint density at radius 1 is 1.88 bits per heavy atom. The van der Waals surface area contributed by atoms with E-state index in [0.29, 0.717) is 0 Å². The summed E-state index contributed by atoms with van der Waals surface area (Å²) in [4.78, 5) is 3.30. The Morgan fingerprint density at radius 3 is 2.88 bits per heavy atom. The van der Waals surface area contributed by atoms with Gasteiger partial charge in [-0.05, 0) is 18.7 Å². The van der Waals surface area contributed by atoms with Crippen LogP contribution in [0.5, 0.6) is 0 Å². The lowest BCUT2D eigenvalue weighted by molar-refractivity contribution is 0.514. The number of allylic oxidation sites excluding steroid dienone is 1. The SMILES string of the molecule is CC(C=NCF)=CN. The van der Waals surface area contributed by atoms with Crippen LogP contribution in [0.2, 0.25) is 0 Å². The highest BCUT2D eigenvalue weighted by molar-refractivity contribution is 5.77. The number of nitrogens with two attached hydrogens (primary N) is 1. The predicted molar refractivity (Wildman–Crippen MR) is 32.4 cm³/mol. The molecule has 0 aromatic heterocycles. The van der Waals surface area contributed by atoms with Gasteiger partial charge in [0.25, 0.3) is 0 Å². The molecule has 0 rings (SSSR count). The van der Waals surface area contributed by atoms with E-state index >= 15 is 0 Å². The fraction of sp³-hybridized carbons (Fsp3) is 0.400. The lowest BCUT2D eigenvalue weighted by Gasteiger charge is -1.82. The largest absolute Gasteiger partial charge is 0.404 e. The van der Waals surface area contributed by atoms with Crippen LogP contribution in [0.25, 0.3) is 0 Å². The molecule has 0 radical (unpaired) electrons. The lowest BCUT2D eigenvalue weighted by atomic mass is 10.4. The van der Waals surface area contributed by atoms with Crippen LogP contribution < -0.4 is 5.73 Å². The number of aliphatic imine (C=N–C) groups is 1. The predicted octanol–water partition coefficient (Wildman–Crippen LogP) is 0.847. The normalized spacial score (nSPS) is 13.0. The Labute approximate surface area is 47.9 Å². The van der Waals surface area contributed by atoms with Gasteiger partial charge in [-0.2, -0.15) is 0 Å². The molecule has 0 aliphatic heterocycles. The number of hydrogen-bond acceptors (Lipinski definition) is 2. The van der Waals surface area contributed by atoms with Crippen molar-refractivity contribution in [3.05, 3.63) is 11.8 Å². The maximum absolute atomic E-state index is 11.2. The van der Waals surface area contributed by atoms with Crippen LogP contribution in [-0.4, -0.2) is 13.0 Å². The Balaban J connectivity index is 3.53. The molecule has 0 fully saturated rings. The fourth-order valence-corrected chi connectivity index (χ4v) is 0.222. The second-order valence-electron chi connectivity index (χ2n) is 1.34. The van der Waals surface area contributed by atoms with Crippen LogP contribution in [0, 0.1) is 0 Å². The van der Waals surface area contributed by atoms with Gasteiger partial charge >= 0.3 is 0 Å². The van der Waals surface area contributed by atoms with Gasteiger partial charge in [0.2, 0.25) is 0 Å². The quantitative estimate of drug-likeness (QED) is 0.421. The summed E-state index contributed by atoms with van der Waals surface area (Å²) in [6.45, 7) is 1.07. The summed E-state index contributed by atoms with van der Waals surface area (Å²) >= 11 is 0. The molecule has 0 spiro atoms. The maximum Gasteiger partial charge on any atom is 0.179 e. The highest BCUT2D eigenvalue weighted by atomic mass is 19.1. The molecule has 0 atom stereocenters. The van der Waals surface area contributed by atoms with Crippen LogP contribution >= 0.6 is 0 Å². The molecule has 0 unspecified atom stereocenters. The average molecular weight is 116 g/mol. The second-order valence-corrected chi connectivity index (χ2v) is 1.34. The van der Waals surface area contributed by atoms with E-state index in [2.05, 4.69) is 4.99 Å². The Hall–Kier alpha value is -0.860. The fourth-order valence-electron chi connectivity index (χ4n) is 0.222. The highest BCUT2D eigenvalue weighted by Gasteiger charge is 1.75. The van der Waals surface area contributed by atoms with Crippen molar-refractivity contribution < 1.29 is 4.39 Å². The van der Waals surface area contributed by atoms with Crippen molar-refractivity contribution in [2.45, 2.75) is 6.92 Å². The lowest BCUT2D eigenvalue weighted by Crippen LogP contribution is -1.85.